The van der Waals surface area contributed by atoms with Crippen molar-refractivity contribution >= 4 is 15.9 Å². The van der Waals surface area contributed by atoms with Crippen LogP contribution in [-0.4, -0.2) is 24.2 Å². The van der Waals surface area contributed by atoms with Crippen molar-refractivity contribution in [3.8, 4) is 5.88 Å². The van der Waals surface area contributed by atoms with Crippen LogP contribution in [0.3, 0.4) is 0 Å². The molecule has 1 saturated heterocycles. The molecule has 0 aromatic carbocycles. The van der Waals surface area contributed by atoms with Gasteiger partial charge < -0.3 is 10.1 Å². The van der Waals surface area contributed by atoms with E-state index in [4.69, 9.17) is 4.74 Å². The van der Waals surface area contributed by atoms with E-state index < -0.39 is 0 Å². The lowest BCUT2D eigenvalue weighted by Gasteiger charge is -2.23. The Balaban J connectivity index is 1.92. The lowest BCUT2D eigenvalue weighted by Crippen LogP contribution is -2.37. The molecule has 0 bridgehead atoms. The maximum atomic E-state index is 5.72. The molecule has 1 aromatic heterocycles. The summed E-state index contributed by atoms with van der Waals surface area (Å²) in [5.74, 6) is 0.710. The van der Waals surface area contributed by atoms with Crippen LogP contribution in [0.5, 0.6) is 5.88 Å². The Kier molecular flexibility index (Phi) is 3.37. The number of nitrogens with one attached hydrogen (secondary N) is 1. The minimum absolute atomic E-state index is 0.275. The first-order valence-corrected chi connectivity index (χ1v) is 5.63. The van der Waals surface area contributed by atoms with E-state index in [0.717, 1.165) is 24.0 Å². The Morgan fingerprint density at radius 3 is 3.07 bits per heavy atom. The Hall–Kier alpha value is -0.610. The average molecular weight is 257 g/mol. The zero-order valence-electron chi connectivity index (χ0n) is 7.87. The molecule has 1 fully saturated rings. The van der Waals surface area contributed by atoms with Gasteiger partial charge in [0, 0.05) is 23.3 Å². The lowest BCUT2D eigenvalue weighted by atomic mass is 10.1. The third-order valence-corrected chi connectivity index (χ3v) is 2.71. The van der Waals surface area contributed by atoms with Crippen molar-refractivity contribution in [1.29, 1.82) is 0 Å². The summed E-state index contributed by atoms with van der Waals surface area (Å²) < 4.78 is 6.69. The average Bonchev–Trinajstić information content (AvgIpc) is 2.23. The number of aromatic nitrogens is 1. The maximum absolute atomic E-state index is 5.72. The highest BCUT2D eigenvalue weighted by atomic mass is 79.9. The van der Waals surface area contributed by atoms with Crippen LogP contribution in [-0.2, 0) is 0 Å². The molecule has 0 spiro atoms. The van der Waals surface area contributed by atoms with Crippen LogP contribution in [0.4, 0.5) is 0 Å². The summed E-state index contributed by atoms with van der Waals surface area (Å²) in [5.41, 5.74) is 0. The van der Waals surface area contributed by atoms with Gasteiger partial charge in [-0.2, -0.15) is 0 Å². The second kappa shape index (κ2) is 4.75. The predicted molar refractivity (Wildman–Crippen MR) is 58.5 cm³/mol. The van der Waals surface area contributed by atoms with Crippen molar-refractivity contribution in [2.24, 2.45) is 0 Å². The number of ether oxygens (including phenoxy) is 1. The van der Waals surface area contributed by atoms with Gasteiger partial charge in [-0.25, -0.2) is 4.98 Å². The molecule has 0 unspecified atom stereocenters. The third-order valence-electron chi connectivity index (χ3n) is 2.24. The Labute approximate surface area is 92.0 Å². The van der Waals surface area contributed by atoms with Crippen LogP contribution in [0.2, 0.25) is 0 Å². The van der Waals surface area contributed by atoms with Crippen molar-refractivity contribution in [3.05, 3.63) is 22.8 Å². The minimum Gasteiger partial charge on any atom is -0.473 e. The van der Waals surface area contributed by atoms with Crippen LogP contribution < -0.4 is 10.1 Å². The van der Waals surface area contributed by atoms with Gasteiger partial charge in [-0.05, 0) is 41.4 Å². The third kappa shape index (κ3) is 2.69. The van der Waals surface area contributed by atoms with Crippen molar-refractivity contribution in [1.82, 2.24) is 10.3 Å². The first kappa shape index (κ1) is 9.93. The molecule has 76 valence electrons. The molecular formula is C10H13BrN2O. The van der Waals surface area contributed by atoms with Gasteiger partial charge in [-0.1, -0.05) is 0 Å². The molecule has 1 aliphatic heterocycles. The molecule has 0 aliphatic carbocycles. The van der Waals surface area contributed by atoms with E-state index in [0.29, 0.717) is 5.88 Å². The van der Waals surface area contributed by atoms with E-state index in [-0.39, 0.29) is 6.10 Å². The van der Waals surface area contributed by atoms with Crippen molar-refractivity contribution in [3.63, 3.8) is 0 Å². The summed E-state index contributed by atoms with van der Waals surface area (Å²) >= 11 is 3.34. The highest BCUT2D eigenvalue weighted by Gasteiger charge is 2.14. The van der Waals surface area contributed by atoms with Crippen molar-refractivity contribution in [2.45, 2.75) is 18.9 Å². The van der Waals surface area contributed by atoms with Gasteiger partial charge >= 0.3 is 0 Å². The molecule has 4 heteroatoms. The Morgan fingerprint density at radius 2 is 2.43 bits per heavy atom. The highest BCUT2D eigenvalue weighted by Crippen LogP contribution is 2.15. The highest BCUT2D eigenvalue weighted by molar-refractivity contribution is 9.10. The largest absolute Gasteiger partial charge is 0.473 e. The van der Waals surface area contributed by atoms with Gasteiger partial charge in [-0.3, -0.25) is 0 Å². The fourth-order valence-electron chi connectivity index (χ4n) is 1.52. The van der Waals surface area contributed by atoms with Gasteiger partial charge in [0.25, 0.3) is 0 Å². The zero-order chi connectivity index (χ0) is 9.80. The number of pyridine rings is 1. The smallest absolute Gasteiger partial charge is 0.213 e. The fraction of sp³-hybridized carbons (Fsp3) is 0.500. The van der Waals surface area contributed by atoms with Gasteiger partial charge in [-0.15, -0.1) is 0 Å². The normalized spacial score (nSPS) is 21.9. The van der Waals surface area contributed by atoms with E-state index >= 15 is 0 Å². The van der Waals surface area contributed by atoms with Gasteiger partial charge in [0.15, 0.2) is 0 Å². The molecule has 1 aliphatic rings. The number of nitrogens with zero attached hydrogens (tertiary/aromatic N) is 1. The Bertz CT molecular complexity index is 283. The van der Waals surface area contributed by atoms with Crippen molar-refractivity contribution in [2.75, 3.05) is 13.1 Å². The molecule has 0 amide bonds. The molecule has 2 heterocycles. The molecule has 0 saturated carbocycles. The summed E-state index contributed by atoms with van der Waals surface area (Å²) in [6.45, 7) is 2.03. The number of hydrogen-bond acceptors (Lipinski definition) is 3. The summed E-state index contributed by atoms with van der Waals surface area (Å²) in [4.78, 5) is 4.18. The zero-order valence-corrected chi connectivity index (χ0v) is 9.46. The van der Waals surface area contributed by atoms with E-state index in [1.54, 1.807) is 6.20 Å². The molecule has 1 atom stereocenters. The first-order chi connectivity index (χ1) is 6.84. The topological polar surface area (TPSA) is 34.1 Å². The van der Waals surface area contributed by atoms with Gasteiger partial charge in [0.2, 0.25) is 5.88 Å². The van der Waals surface area contributed by atoms with E-state index in [2.05, 4.69) is 26.2 Å². The second-order valence-electron chi connectivity index (χ2n) is 3.40. The molecule has 1 N–H and O–H groups in total. The number of hydrogen-bond donors (Lipinski definition) is 1. The maximum Gasteiger partial charge on any atom is 0.213 e. The van der Waals surface area contributed by atoms with Crippen LogP contribution in [0.15, 0.2) is 22.8 Å². The summed E-state index contributed by atoms with van der Waals surface area (Å²) in [6, 6.07) is 3.83. The predicted octanol–water partition coefficient (Wildman–Crippen LogP) is 1.97. The number of halogens is 1. The molecule has 14 heavy (non-hydrogen) atoms. The molecule has 0 radical (unpaired) electrons. The van der Waals surface area contributed by atoms with Crippen LogP contribution in [0.1, 0.15) is 12.8 Å². The molecule has 2 rings (SSSR count). The molecule has 3 nitrogen and oxygen atoms in total. The monoisotopic (exact) mass is 256 g/mol. The lowest BCUT2D eigenvalue weighted by molar-refractivity contribution is 0.160. The van der Waals surface area contributed by atoms with Crippen LogP contribution in [0, 0.1) is 0 Å². The summed E-state index contributed by atoms with van der Waals surface area (Å²) in [7, 11) is 0. The van der Waals surface area contributed by atoms with Crippen molar-refractivity contribution < 1.29 is 4.74 Å². The molecular weight excluding hydrogens is 244 g/mol. The van der Waals surface area contributed by atoms with Crippen LogP contribution >= 0.6 is 15.9 Å². The van der Waals surface area contributed by atoms with Crippen LogP contribution in [0.25, 0.3) is 0 Å². The van der Waals surface area contributed by atoms with Gasteiger partial charge in [0.1, 0.15) is 6.10 Å². The fourth-order valence-corrected chi connectivity index (χ4v) is 1.76. The molecule has 1 aromatic rings. The summed E-state index contributed by atoms with van der Waals surface area (Å²) in [5, 5.41) is 3.30. The van der Waals surface area contributed by atoms with E-state index in [1.807, 2.05) is 12.1 Å². The number of rotatable bonds is 2. The second-order valence-corrected chi connectivity index (χ2v) is 4.32. The number of piperidine rings is 1. The van der Waals surface area contributed by atoms with E-state index in [1.165, 1.54) is 6.42 Å². The Morgan fingerprint density at radius 1 is 1.50 bits per heavy atom. The minimum atomic E-state index is 0.275. The van der Waals surface area contributed by atoms with Gasteiger partial charge in [0.05, 0.1) is 0 Å². The van der Waals surface area contributed by atoms with E-state index in [9.17, 15) is 0 Å². The standard InChI is InChI=1S/C10H13BrN2O/c11-8-3-4-10(13-6-8)14-9-2-1-5-12-7-9/h3-4,6,9,12H,1-2,5,7H2/t9-/m1/s1. The quantitative estimate of drug-likeness (QED) is 0.879. The SMILES string of the molecule is Brc1ccc(O[C@@H]2CCCNC2)nc1. The summed E-state index contributed by atoms with van der Waals surface area (Å²) in [6.07, 6.45) is 4.33. The first-order valence-electron chi connectivity index (χ1n) is 4.83.